The molecule has 1 fully saturated rings. The molecule has 4 rings (SSSR count). The van der Waals surface area contributed by atoms with Crippen molar-refractivity contribution in [1.29, 1.82) is 0 Å². The number of hydrogen-bond donors (Lipinski definition) is 0. The van der Waals surface area contributed by atoms with E-state index in [0.29, 0.717) is 10.8 Å². The van der Waals surface area contributed by atoms with Crippen molar-refractivity contribution in [2.45, 2.75) is 32.2 Å². The molecular weight excluding hydrogens is 475 g/mol. The number of halogens is 2. The van der Waals surface area contributed by atoms with Crippen LogP contribution in [0.4, 0.5) is 4.39 Å². The molecule has 1 amide bonds. The van der Waals surface area contributed by atoms with Crippen molar-refractivity contribution in [2.24, 2.45) is 5.92 Å². The minimum Gasteiger partial charge on any atom is -0.335 e. The molecule has 1 aromatic carbocycles. The van der Waals surface area contributed by atoms with Gasteiger partial charge in [-0.25, -0.2) is 12.8 Å². The van der Waals surface area contributed by atoms with Crippen LogP contribution in [0.3, 0.4) is 0 Å². The van der Waals surface area contributed by atoms with Crippen LogP contribution in [-0.4, -0.2) is 59.5 Å². The predicted octanol–water partition coefficient (Wildman–Crippen LogP) is 4.00. The Morgan fingerprint density at radius 1 is 1.22 bits per heavy atom. The number of thiophene rings is 1. The number of rotatable bonds is 5. The molecule has 0 atom stereocenters. The van der Waals surface area contributed by atoms with Gasteiger partial charge in [0.2, 0.25) is 10.0 Å². The maximum atomic E-state index is 13.4. The number of sulfonamides is 1. The molecule has 3 aromatic rings. The fourth-order valence-corrected chi connectivity index (χ4v) is 6.59. The third kappa shape index (κ3) is 4.28. The highest BCUT2D eigenvalue weighted by Gasteiger charge is 2.31. The SMILES string of the molecule is Cc1nn(CC(C)C)c2sc(C(=O)N3CCN(S(=O)(=O)c4ccc(F)c(Cl)c4)CC3)cc12. The van der Waals surface area contributed by atoms with Crippen LogP contribution < -0.4 is 0 Å². The molecule has 0 saturated carbocycles. The van der Waals surface area contributed by atoms with E-state index in [1.165, 1.54) is 21.7 Å². The quantitative estimate of drug-likeness (QED) is 0.533. The number of hydrogen-bond acceptors (Lipinski definition) is 5. The Labute approximate surface area is 195 Å². The third-order valence-electron chi connectivity index (χ3n) is 5.41. The van der Waals surface area contributed by atoms with Crippen molar-refractivity contribution in [3.8, 4) is 0 Å². The van der Waals surface area contributed by atoms with Gasteiger partial charge in [-0.15, -0.1) is 11.3 Å². The second kappa shape index (κ2) is 8.74. The van der Waals surface area contributed by atoms with E-state index in [2.05, 4.69) is 18.9 Å². The molecule has 0 bridgehead atoms. The van der Waals surface area contributed by atoms with Gasteiger partial charge in [0.25, 0.3) is 5.91 Å². The van der Waals surface area contributed by atoms with Crippen molar-refractivity contribution < 1.29 is 17.6 Å². The lowest BCUT2D eigenvalue weighted by Crippen LogP contribution is -2.50. The van der Waals surface area contributed by atoms with Gasteiger partial charge in [0.05, 0.1) is 20.5 Å². The normalized spacial score (nSPS) is 15.8. The highest BCUT2D eigenvalue weighted by molar-refractivity contribution is 7.89. The largest absolute Gasteiger partial charge is 0.335 e. The Morgan fingerprint density at radius 3 is 2.53 bits per heavy atom. The van der Waals surface area contributed by atoms with Gasteiger partial charge >= 0.3 is 0 Å². The molecule has 1 saturated heterocycles. The van der Waals surface area contributed by atoms with Crippen molar-refractivity contribution in [2.75, 3.05) is 26.2 Å². The number of aryl methyl sites for hydroxylation is 1. The Bertz CT molecular complexity index is 1280. The number of piperazine rings is 1. The predicted molar refractivity (Wildman–Crippen MR) is 123 cm³/mol. The van der Waals surface area contributed by atoms with Crippen LogP contribution in [0.15, 0.2) is 29.2 Å². The van der Waals surface area contributed by atoms with E-state index in [9.17, 15) is 17.6 Å². The fraction of sp³-hybridized carbons (Fsp3) is 0.429. The molecule has 0 unspecified atom stereocenters. The third-order valence-corrected chi connectivity index (χ3v) is 8.73. The van der Waals surface area contributed by atoms with Gasteiger partial charge in [0.15, 0.2) is 0 Å². The van der Waals surface area contributed by atoms with Crippen LogP contribution in [0, 0.1) is 18.7 Å². The first kappa shape index (κ1) is 23.2. The van der Waals surface area contributed by atoms with Crippen LogP contribution in [0.25, 0.3) is 10.2 Å². The molecule has 7 nitrogen and oxygen atoms in total. The standard InChI is InChI=1S/C21H24ClFN4O3S2/c1-13(2)12-27-21-16(14(3)24-27)11-19(31-21)20(28)25-6-8-26(9-7-25)32(29,30)15-4-5-18(23)17(22)10-15/h4-5,10-11,13H,6-9,12H2,1-3H3. The summed E-state index contributed by atoms with van der Waals surface area (Å²) >= 11 is 7.17. The average Bonchev–Trinajstić information content (AvgIpc) is 3.30. The lowest BCUT2D eigenvalue weighted by atomic mass is 10.2. The molecule has 0 N–H and O–H groups in total. The summed E-state index contributed by atoms with van der Waals surface area (Å²) in [7, 11) is -3.81. The molecule has 172 valence electrons. The van der Waals surface area contributed by atoms with E-state index in [0.717, 1.165) is 34.6 Å². The van der Waals surface area contributed by atoms with Crippen molar-refractivity contribution in [1.82, 2.24) is 19.0 Å². The summed E-state index contributed by atoms with van der Waals surface area (Å²) in [5.74, 6) is -0.343. The molecule has 1 aliphatic rings. The Hall–Kier alpha value is -2.01. The van der Waals surface area contributed by atoms with Gasteiger partial charge in [0.1, 0.15) is 10.6 Å². The van der Waals surface area contributed by atoms with E-state index in [-0.39, 0.29) is 42.0 Å². The molecule has 32 heavy (non-hydrogen) atoms. The highest BCUT2D eigenvalue weighted by Crippen LogP contribution is 2.30. The summed E-state index contributed by atoms with van der Waals surface area (Å²) in [4.78, 5) is 16.3. The summed E-state index contributed by atoms with van der Waals surface area (Å²) in [5, 5.41) is 5.32. The molecule has 0 aliphatic carbocycles. The van der Waals surface area contributed by atoms with Crippen molar-refractivity contribution in [3.05, 3.63) is 45.7 Å². The topological polar surface area (TPSA) is 75.5 Å². The van der Waals surface area contributed by atoms with E-state index >= 15 is 0 Å². The Balaban J connectivity index is 1.48. The van der Waals surface area contributed by atoms with Crippen molar-refractivity contribution >= 4 is 49.1 Å². The maximum Gasteiger partial charge on any atom is 0.264 e. The van der Waals surface area contributed by atoms with E-state index in [1.54, 1.807) is 4.90 Å². The molecular formula is C21H24ClFN4O3S2. The van der Waals surface area contributed by atoms with Crippen LogP contribution >= 0.6 is 22.9 Å². The number of nitrogens with zero attached hydrogens (tertiary/aromatic N) is 4. The van der Waals surface area contributed by atoms with Crippen LogP contribution in [0.5, 0.6) is 0 Å². The summed E-state index contributed by atoms with van der Waals surface area (Å²) in [6.07, 6.45) is 0. The first-order valence-electron chi connectivity index (χ1n) is 10.3. The molecule has 2 aromatic heterocycles. The second-order valence-electron chi connectivity index (χ2n) is 8.26. The zero-order valence-electron chi connectivity index (χ0n) is 18.0. The maximum absolute atomic E-state index is 13.4. The number of carbonyl (C=O) groups excluding carboxylic acids is 1. The zero-order valence-corrected chi connectivity index (χ0v) is 20.4. The Morgan fingerprint density at radius 2 is 1.91 bits per heavy atom. The minimum absolute atomic E-state index is 0.0571. The summed E-state index contributed by atoms with van der Waals surface area (Å²) in [6, 6.07) is 5.24. The van der Waals surface area contributed by atoms with E-state index < -0.39 is 15.8 Å². The first-order valence-corrected chi connectivity index (χ1v) is 12.9. The number of carbonyl (C=O) groups is 1. The van der Waals surface area contributed by atoms with Gasteiger partial charge < -0.3 is 4.90 Å². The molecule has 0 radical (unpaired) electrons. The molecule has 11 heteroatoms. The van der Waals surface area contributed by atoms with Crippen LogP contribution in [-0.2, 0) is 16.6 Å². The summed E-state index contributed by atoms with van der Waals surface area (Å²) in [6.45, 7) is 7.83. The molecule has 1 aliphatic heterocycles. The lowest BCUT2D eigenvalue weighted by Gasteiger charge is -2.33. The second-order valence-corrected chi connectivity index (χ2v) is 11.6. The summed E-state index contributed by atoms with van der Waals surface area (Å²) in [5.41, 5.74) is 0.893. The van der Waals surface area contributed by atoms with Crippen LogP contribution in [0.2, 0.25) is 5.02 Å². The van der Waals surface area contributed by atoms with Crippen molar-refractivity contribution in [3.63, 3.8) is 0 Å². The van der Waals surface area contributed by atoms with Crippen LogP contribution in [0.1, 0.15) is 29.2 Å². The van der Waals surface area contributed by atoms with E-state index in [1.807, 2.05) is 17.7 Å². The first-order chi connectivity index (χ1) is 15.1. The highest BCUT2D eigenvalue weighted by atomic mass is 35.5. The van der Waals surface area contributed by atoms with E-state index in [4.69, 9.17) is 11.6 Å². The fourth-order valence-electron chi connectivity index (χ4n) is 3.76. The van der Waals surface area contributed by atoms with Gasteiger partial charge in [-0.3, -0.25) is 9.48 Å². The van der Waals surface area contributed by atoms with Gasteiger partial charge in [-0.2, -0.15) is 9.40 Å². The summed E-state index contributed by atoms with van der Waals surface area (Å²) < 4.78 is 42.4. The smallest absolute Gasteiger partial charge is 0.264 e. The zero-order chi connectivity index (χ0) is 23.2. The lowest BCUT2D eigenvalue weighted by molar-refractivity contribution is 0.0703. The number of aromatic nitrogens is 2. The average molecular weight is 499 g/mol. The molecule has 0 spiro atoms. The van der Waals surface area contributed by atoms with Gasteiger partial charge in [-0.05, 0) is 37.1 Å². The van der Waals surface area contributed by atoms with Gasteiger partial charge in [0, 0.05) is 38.1 Å². The Kier molecular flexibility index (Phi) is 6.32. The minimum atomic E-state index is -3.81. The number of benzene rings is 1. The monoisotopic (exact) mass is 498 g/mol. The number of fused-ring (bicyclic) bond motifs is 1. The number of amides is 1. The van der Waals surface area contributed by atoms with Gasteiger partial charge in [-0.1, -0.05) is 25.4 Å². The molecule has 3 heterocycles.